The Labute approximate surface area is 299 Å². The van der Waals surface area contributed by atoms with E-state index < -0.39 is 0 Å². The van der Waals surface area contributed by atoms with E-state index in [2.05, 4.69) is 149 Å². The molecule has 7 aromatic carbocycles. The topological polar surface area (TPSA) is 35.6 Å². The van der Waals surface area contributed by atoms with Gasteiger partial charge in [0.1, 0.15) is 22.7 Å². The van der Waals surface area contributed by atoms with Crippen LogP contribution >= 0.6 is 22.7 Å². The number of rotatable bonds is 2. The number of imidazole rings is 2. The summed E-state index contributed by atoms with van der Waals surface area (Å²) in [6.07, 6.45) is 0. The van der Waals surface area contributed by atoms with Gasteiger partial charge in [0.2, 0.25) is 0 Å². The van der Waals surface area contributed by atoms with E-state index in [0.29, 0.717) is 0 Å². The third-order valence-electron chi connectivity index (χ3n) is 11.1. The van der Waals surface area contributed by atoms with Gasteiger partial charge in [-0.3, -0.25) is 9.13 Å². The summed E-state index contributed by atoms with van der Waals surface area (Å²) < 4.78 is 10.0. The first kappa shape index (κ1) is 26.8. The summed E-state index contributed by atoms with van der Waals surface area (Å²) in [7, 11) is 0. The summed E-state index contributed by atoms with van der Waals surface area (Å²) in [6.45, 7) is 0.00738. The minimum absolute atomic E-state index is 0.00738. The molecular weight excluding hydrogens is 659 g/mol. The minimum Gasteiger partial charge on any atom is -0.293 e. The molecule has 0 saturated heterocycles. The molecule has 0 fully saturated rings. The predicted octanol–water partition coefficient (Wildman–Crippen LogP) is 9.58. The van der Waals surface area contributed by atoms with E-state index in [9.17, 15) is 0 Å². The van der Waals surface area contributed by atoms with Gasteiger partial charge in [-0.1, -0.05) is 115 Å². The van der Waals surface area contributed by atoms with E-state index >= 15 is 0 Å². The van der Waals surface area contributed by atoms with Gasteiger partial charge < -0.3 is 0 Å². The van der Waals surface area contributed by atoms with Crippen molar-refractivity contribution in [1.82, 2.24) is 19.1 Å². The highest BCUT2D eigenvalue weighted by molar-refractivity contribution is 7.27. The Bertz CT molecular complexity index is 3100. The molecule has 0 aliphatic carbocycles. The number of hydrogen-bond donors (Lipinski definition) is 0. The van der Waals surface area contributed by atoms with Crippen LogP contribution < -0.4 is 16.4 Å². The Morgan fingerprint density at radius 1 is 0.451 bits per heavy atom. The molecule has 0 atom stereocenters. The Hall–Kier alpha value is -6.02. The van der Waals surface area contributed by atoms with Crippen molar-refractivity contribution in [2.24, 2.45) is 0 Å². The fourth-order valence-corrected chi connectivity index (χ4v) is 11.4. The van der Waals surface area contributed by atoms with Crippen LogP contribution in [0.2, 0.25) is 0 Å². The van der Waals surface area contributed by atoms with Crippen LogP contribution in [-0.2, 0) is 0 Å². The second kappa shape index (κ2) is 9.40. The van der Waals surface area contributed by atoms with Crippen molar-refractivity contribution in [2.75, 3.05) is 0 Å². The van der Waals surface area contributed by atoms with Gasteiger partial charge in [-0.05, 0) is 40.7 Å². The average molecular weight is 683 g/mol. The Balaban J connectivity index is 1.27. The molecule has 6 heterocycles. The van der Waals surface area contributed by atoms with Crippen molar-refractivity contribution in [3.8, 4) is 34.2 Å². The summed E-state index contributed by atoms with van der Waals surface area (Å²) in [5, 5.41) is 5.15. The van der Waals surface area contributed by atoms with E-state index in [0.717, 1.165) is 33.8 Å². The molecule has 0 bridgehead atoms. The van der Waals surface area contributed by atoms with Crippen molar-refractivity contribution in [1.29, 1.82) is 0 Å². The molecule has 234 valence electrons. The van der Waals surface area contributed by atoms with Crippen LogP contribution in [0, 0.1) is 0 Å². The highest BCUT2D eigenvalue weighted by atomic mass is 32.1. The molecule has 51 heavy (non-hydrogen) atoms. The van der Waals surface area contributed by atoms with Crippen molar-refractivity contribution >= 4 is 108 Å². The molecule has 0 spiro atoms. The molecule has 11 aromatic rings. The van der Waals surface area contributed by atoms with E-state index in [-0.39, 0.29) is 6.71 Å². The van der Waals surface area contributed by atoms with Crippen molar-refractivity contribution < 1.29 is 0 Å². The van der Waals surface area contributed by atoms with Crippen LogP contribution in [0.1, 0.15) is 0 Å². The van der Waals surface area contributed by atoms with Crippen molar-refractivity contribution in [2.45, 2.75) is 0 Å². The zero-order valence-corrected chi connectivity index (χ0v) is 28.6. The average Bonchev–Trinajstić information content (AvgIpc) is 3.96. The molecule has 4 nitrogen and oxygen atoms in total. The van der Waals surface area contributed by atoms with Gasteiger partial charge in [-0.2, -0.15) is 0 Å². The van der Waals surface area contributed by atoms with Gasteiger partial charge in [0.05, 0.1) is 20.4 Å². The van der Waals surface area contributed by atoms with Crippen LogP contribution in [0.4, 0.5) is 0 Å². The van der Waals surface area contributed by atoms with E-state index in [1.807, 2.05) is 22.7 Å². The van der Waals surface area contributed by atoms with Gasteiger partial charge >= 0.3 is 0 Å². The lowest BCUT2D eigenvalue weighted by molar-refractivity contribution is 1.07. The van der Waals surface area contributed by atoms with Crippen LogP contribution in [0.15, 0.2) is 140 Å². The zero-order valence-electron chi connectivity index (χ0n) is 27.0. The molecule has 0 amide bonds. The fourth-order valence-electron chi connectivity index (χ4n) is 9.08. The van der Waals surface area contributed by atoms with Gasteiger partial charge in [0, 0.05) is 53.4 Å². The van der Waals surface area contributed by atoms with Crippen LogP contribution in [0.3, 0.4) is 0 Å². The fraction of sp³-hybridized carbons (Fsp3) is 0. The quantitative estimate of drug-likeness (QED) is 0.170. The van der Waals surface area contributed by atoms with Crippen LogP contribution in [-0.4, -0.2) is 25.8 Å². The summed E-state index contributed by atoms with van der Waals surface area (Å²) in [5.41, 5.74) is 13.1. The smallest absolute Gasteiger partial charge is 0.252 e. The van der Waals surface area contributed by atoms with Gasteiger partial charge in [0.25, 0.3) is 6.71 Å². The van der Waals surface area contributed by atoms with Gasteiger partial charge in [-0.25, -0.2) is 9.97 Å². The van der Waals surface area contributed by atoms with E-state index in [4.69, 9.17) is 9.97 Å². The minimum atomic E-state index is 0.00738. The van der Waals surface area contributed by atoms with Crippen LogP contribution in [0.5, 0.6) is 0 Å². The SMILES string of the molecule is c1ccc(-c2nc3c4sc5ccccc5c4cc4c3n2-c2cccc3c2B4c2cc4c5ccccc5sc4c4nc(-c5ccccc5)n-3c24)cc1. The Kier molecular flexibility index (Phi) is 4.94. The first-order valence-electron chi connectivity index (χ1n) is 17.3. The van der Waals surface area contributed by atoms with Crippen molar-refractivity contribution in [3.05, 3.63) is 140 Å². The highest BCUT2D eigenvalue weighted by Gasteiger charge is 2.42. The zero-order chi connectivity index (χ0) is 32.9. The van der Waals surface area contributed by atoms with E-state index in [1.165, 1.54) is 79.1 Å². The predicted molar refractivity (Wildman–Crippen MR) is 217 cm³/mol. The molecule has 0 radical (unpaired) electrons. The van der Waals surface area contributed by atoms with Crippen molar-refractivity contribution in [3.63, 3.8) is 0 Å². The standard InChI is InChI=1S/C44H23BN4S2/c1-3-12-24(13-4-1)43-46-37-39-30(22-28-26-16-7-9-20-34(26)50-41(28)37)45-31-23-29-27-17-8-10-21-35(27)51-42(29)38-40(31)49(44(47-38)25-14-5-2-6-15-25)33-19-11-18-32(36(33)45)48(39)43/h1-23H. The maximum atomic E-state index is 5.59. The third-order valence-corrected chi connectivity index (χ3v) is 13.5. The molecule has 13 rings (SSSR count). The molecule has 2 aliphatic heterocycles. The number of fused-ring (bicyclic) bond motifs is 12. The van der Waals surface area contributed by atoms with E-state index in [1.54, 1.807) is 0 Å². The summed E-state index contributed by atoms with van der Waals surface area (Å²) in [4.78, 5) is 11.2. The molecule has 4 aromatic heterocycles. The first-order valence-corrected chi connectivity index (χ1v) is 18.9. The second-order valence-corrected chi connectivity index (χ2v) is 15.8. The Morgan fingerprint density at radius 2 is 0.902 bits per heavy atom. The monoisotopic (exact) mass is 682 g/mol. The normalized spacial score (nSPS) is 13.1. The maximum absolute atomic E-state index is 5.59. The number of aromatic nitrogens is 4. The molecule has 0 N–H and O–H groups in total. The lowest BCUT2D eigenvalue weighted by Gasteiger charge is -2.33. The lowest BCUT2D eigenvalue weighted by atomic mass is 9.34. The molecule has 0 saturated carbocycles. The summed E-state index contributed by atoms with van der Waals surface area (Å²) >= 11 is 3.72. The largest absolute Gasteiger partial charge is 0.293 e. The first-order chi connectivity index (χ1) is 25.3. The highest BCUT2D eigenvalue weighted by Crippen LogP contribution is 2.44. The van der Waals surface area contributed by atoms with Gasteiger partial charge in [-0.15, -0.1) is 22.7 Å². The molecule has 2 aliphatic rings. The second-order valence-electron chi connectivity index (χ2n) is 13.7. The van der Waals surface area contributed by atoms with Crippen LogP contribution in [0.25, 0.3) is 96.6 Å². The number of benzene rings is 7. The maximum Gasteiger partial charge on any atom is 0.252 e. The molecule has 7 heteroatoms. The third kappa shape index (κ3) is 3.27. The number of thiophene rings is 2. The summed E-state index contributed by atoms with van der Waals surface area (Å²) in [6, 6.07) is 50.9. The van der Waals surface area contributed by atoms with Gasteiger partial charge in [0.15, 0.2) is 0 Å². The summed E-state index contributed by atoms with van der Waals surface area (Å²) in [5.74, 6) is 1.96. The molecule has 0 unspecified atom stereocenters. The Morgan fingerprint density at radius 3 is 1.39 bits per heavy atom. The number of nitrogens with zero attached hydrogens (tertiary/aromatic N) is 4. The lowest BCUT2D eigenvalue weighted by Crippen LogP contribution is -2.59. The molecular formula is C44H23BN4S2. The number of hydrogen-bond acceptors (Lipinski definition) is 4.